The van der Waals surface area contributed by atoms with E-state index >= 15 is 0 Å². The normalized spacial score (nSPS) is 15.6. The molecule has 1 aromatic rings. The highest BCUT2D eigenvalue weighted by molar-refractivity contribution is 5.78. The van der Waals surface area contributed by atoms with Crippen molar-refractivity contribution in [3.8, 4) is 5.75 Å². The highest BCUT2D eigenvalue weighted by atomic mass is 16.6. The number of nitrogens with zero attached hydrogens (tertiary/aromatic N) is 2. The zero-order chi connectivity index (χ0) is 20.4. The second kappa shape index (κ2) is 11.4. The minimum absolute atomic E-state index is 0.215. The average molecular weight is 391 g/mol. The Morgan fingerprint density at radius 2 is 2.04 bits per heavy atom. The summed E-state index contributed by atoms with van der Waals surface area (Å²) in [5.41, 5.74) is 7.10. The Morgan fingerprint density at radius 3 is 2.71 bits per heavy atom. The Kier molecular flexibility index (Phi) is 8.91. The summed E-state index contributed by atoms with van der Waals surface area (Å²) in [7, 11) is 0. The van der Waals surface area contributed by atoms with Gasteiger partial charge >= 0.3 is 6.09 Å². The van der Waals surface area contributed by atoms with E-state index in [-0.39, 0.29) is 12.1 Å². The van der Waals surface area contributed by atoms with Crippen molar-refractivity contribution in [2.75, 3.05) is 26.3 Å². The molecule has 0 aliphatic carbocycles. The van der Waals surface area contributed by atoms with Gasteiger partial charge in [-0.1, -0.05) is 32.0 Å². The molecule has 0 radical (unpaired) electrons. The first-order chi connectivity index (χ1) is 13.5. The molecule has 7 heteroatoms. The molecule has 3 N–H and O–H groups in total. The molecule has 1 fully saturated rings. The van der Waals surface area contributed by atoms with Crippen LogP contribution in [0, 0.1) is 5.92 Å². The lowest BCUT2D eigenvalue weighted by Crippen LogP contribution is -2.48. The van der Waals surface area contributed by atoms with E-state index in [4.69, 9.17) is 15.2 Å². The number of hydrogen-bond acceptors (Lipinski definition) is 4. The van der Waals surface area contributed by atoms with Gasteiger partial charge in [0.15, 0.2) is 5.96 Å². The van der Waals surface area contributed by atoms with Crippen molar-refractivity contribution in [2.24, 2.45) is 16.6 Å². The average Bonchev–Trinajstić information content (AvgIpc) is 2.67. The highest BCUT2D eigenvalue weighted by Gasteiger charge is 2.23. The number of likely N-dealkylation sites (tertiary alicyclic amines) is 1. The Bertz CT molecular complexity index is 640. The van der Waals surface area contributed by atoms with E-state index in [1.54, 1.807) is 4.90 Å². The third-order valence-electron chi connectivity index (χ3n) is 4.72. The van der Waals surface area contributed by atoms with E-state index in [1.807, 2.05) is 31.2 Å². The number of para-hydroxylation sites is 1. The number of guanidine groups is 1. The van der Waals surface area contributed by atoms with Gasteiger partial charge in [0.2, 0.25) is 0 Å². The minimum Gasteiger partial charge on any atom is -0.493 e. The van der Waals surface area contributed by atoms with Crippen LogP contribution in [-0.2, 0) is 11.3 Å². The fourth-order valence-corrected chi connectivity index (χ4v) is 3.03. The lowest BCUT2D eigenvalue weighted by Gasteiger charge is -2.31. The van der Waals surface area contributed by atoms with Crippen LogP contribution in [0.25, 0.3) is 0 Å². The third-order valence-corrected chi connectivity index (χ3v) is 4.72. The number of amides is 1. The molecule has 0 unspecified atom stereocenters. The first-order valence-corrected chi connectivity index (χ1v) is 10.2. The molecule has 1 saturated heterocycles. The molecular weight excluding hydrogens is 356 g/mol. The van der Waals surface area contributed by atoms with Crippen LogP contribution in [0.4, 0.5) is 4.79 Å². The van der Waals surface area contributed by atoms with Crippen molar-refractivity contribution < 1.29 is 14.3 Å². The maximum atomic E-state index is 11.8. The van der Waals surface area contributed by atoms with E-state index in [9.17, 15) is 4.79 Å². The van der Waals surface area contributed by atoms with Crippen molar-refractivity contribution in [3.63, 3.8) is 0 Å². The van der Waals surface area contributed by atoms with Gasteiger partial charge in [-0.05, 0) is 38.2 Å². The van der Waals surface area contributed by atoms with E-state index in [1.165, 1.54) is 0 Å². The maximum absolute atomic E-state index is 11.8. The third kappa shape index (κ3) is 7.29. The number of carbonyl (C=O) groups excluding carboxylic acids is 1. The van der Waals surface area contributed by atoms with Crippen molar-refractivity contribution in [1.82, 2.24) is 10.2 Å². The van der Waals surface area contributed by atoms with Gasteiger partial charge in [0.05, 0.1) is 19.8 Å². The Labute approximate surface area is 168 Å². The zero-order valence-electron chi connectivity index (χ0n) is 17.3. The van der Waals surface area contributed by atoms with Crippen LogP contribution in [0.2, 0.25) is 0 Å². The van der Waals surface area contributed by atoms with Crippen LogP contribution < -0.4 is 15.8 Å². The fraction of sp³-hybridized carbons (Fsp3) is 0.619. The Balaban J connectivity index is 1.81. The molecule has 0 saturated carbocycles. The largest absolute Gasteiger partial charge is 0.493 e. The Hall–Kier alpha value is -2.44. The SMILES string of the molecule is CCOC(=O)N1CCC(NC(N)=NCc2ccccc2OCCC(C)C)CC1. The molecule has 28 heavy (non-hydrogen) atoms. The van der Waals surface area contributed by atoms with Crippen LogP contribution in [0.1, 0.15) is 45.6 Å². The topological polar surface area (TPSA) is 89.2 Å². The number of nitrogens with two attached hydrogens (primary N) is 1. The number of aliphatic imine (C=N–C) groups is 1. The summed E-state index contributed by atoms with van der Waals surface area (Å²) in [6.07, 6.45) is 2.43. The van der Waals surface area contributed by atoms with Crippen molar-refractivity contribution in [1.29, 1.82) is 0 Å². The summed E-state index contributed by atoms with van der Waals surface area (Å²) in [4.78, 5) is 18.0. The lowest BCUT2D eigenvalue weighted by atomic mass is 10.1. The highest BCUT2D eigenvalue weighted by Crippen LogP contribution is 2.19. The van der Waals surface area contributed by atoms with E-state index < -0.39 is 0 Å². The van der Waals surface area contributed by atoms with Gasteiger partial charge < -0.3 is 25.4 Å². The van der Waals surface area contributed by atoms with Gasteiger partial charge in [-0.15, -0.1) is 0 Å². The molecule has 0 spiro atoms. The van der Waals surface area contributed by atoms with Crippen LogP contribution in [-0.4, -0.2) is 49.3 Å². The smallest absolute Gasteiger partial charge is 0.409 e. The molecule has 2 rings (SSSR count). The summed E-state index contributed by atoms with van der Waals surface area (Å²) in [5, 5.41) is 3.27. The molecule has 1 heterocycles. The fourth-order valence-electron chi connectivity index (χ4n) is 3.03. The van der Waals surface area contributed by atoms with E-state index in [0.29, 0.717) is 44.7 Å². The van der Waals surface area contributed by atoms with Crippen LogP contribution in [0.5, 0.6) is 5.75 Å². The first kappa shape index (κ1) is 21.9. The lowest BCUT2D eigenvalue weighted by molar-refractivity contribution is 0.0963. The number of nitrogens with one attached hydrogen (secondary N) is 1. The van der Waals surface area contributed by atoms with Gasteiger partial charge in [-0.3, -0.25) is 0 Å². The molecule has 156 valence electrons. The molecule has 0 aromatic heterocycles. The van der Waals surface area contributed by atoms with E-state index in [0.717, 1.165) is 30.6 Å². The molecule has 1 aliphatic heterocycles. The van der Waals surface area contributed by atoms with Crippen molar-refractivity contribution in [2.45, 2.75) is 52.6 Å². The van der Waals surface area contributed by atoms with Gasteiger partial charge in [0, 0.05) is 24.7 Å². The Morgan fingerprint density at radius 1 is 1.32 bits per heavy atom. The van der Waals surface area contributed by atoms with Crippen LogP contribution >= 0.6 is 0 Å². The molecule has 7 nitrogen and oxygen atoms in total. The number of benzene rings is 1. The quantitative estimate of drug-likeness (QED) is 0.526. The summed E-state index contributed by atoms with van der Waals surface area (Å²) < 4.78 is 10.9. The molecule has 0 atom stereocenters. The van der Waals surface area contributed by atoms with Crippen molar-refractivity contribution >= 4 is 12.1 Å². The standard InChI is InChI=1S/C21H34N4O3/c1-4-27-21(26)25-12-9-18(10-13-25)24-20(22)23-15-17-7-5-6-8-19(17)28-14-11-16(2)3/h5-8,16,18H,4,9-15H2,1-3H3,(H3,22,23,24). The molecule has 1 aliphatic rings. The minimum atomic E-state index is -0.239. The molecule has 1 amide bonds. The molecule has 1 aromatic carbocycles. The number of piperidine rings is 1. The number of rotatable bonds is 8. The molecule has 0 bridgehead atoms. The predicted molar refractivity (Wildman–Crippen MR) is 111 cm³/mol. The molecular formula is C21H34N4O3. The van der Waals surface area contributed by atoms with Gasteiger partial charge in [-0.25, -0.2) is 9.79 Å². The second-order valence-corrected chi connectivity index (χ2v) is 7.44. The number of ether oxygens (including phenoxy) is 2. The van der Waals surface area contributed by atoms with Crippen molar-refractivity contribution in [3.05, 3.63) is 29.8 Å². The first-order valence-electron chi connectivity index (χ1n) is 10.2. The number of carbonyl (C=O) groups is 1. The number of hydrogen-bond donors (Lipinski definition) is 2. The zero-order valence-corrected chi connectivity index (χ0v) is 17.3. The van der Waals surface area contributed by atoms with Gasteiger partial charge in [0.1, 0.15) is 5.75 Å². The summed E-state index contributed by atoms with van der Waals surface area (Å²) >= 11 is 0. The second-order valence-electron chi connectivity index (χ2n) is 7.44. The van der Waals surface area contributed by atoms with Gasteiger partial charge in [0.25, 0.3) is 0 Å². The summed E-state index contributed by atoms with van der Waals surface area (Å²) in [6.45, 7) is 9.08. The van der Waals surface area contributed by atoms with E-state index in [2.05, 4.69) is 24.2 Å². The maximum Gasteiger partial charge on any atom is 0.409 e. The summed E-state index contributed by atoms with van der Waals surface area (Å²) in [5.74, 6) is 1.90. The van der Waals surface area contributed by atoms with Crippen LogP contribution in [0.3, 0.4) is 0 Å². The monoisotopic (exact) mass is 390 g/mol. The summed E-state index contributed by atoms with van der Waals surface area (Å²) in [6, 6.07) is 8.15. The predicted octanol–water partition coefficient (Wildman–Crippen LogP) is 3.14. The van der Waals surface area contributed by atoms with Crippen LogP contribution in [0.15, 0.2) is 29.3 Å². The van der Waals surface area contributed by atoms with Gasteiger partial charge in [-0.2, -0.15) is 0 Å².